The minimum absolute atomic E-state index is 0.0452. The molecule has 1 N–H and O–H groups in total. The zero-order valence-corrected chi connectivity index (χ0v) is 18.3. The molecule has 0 radical (unpaired) electrons. The first-order valence-corrected chi connectivity index (χ1v) is 12.3. The molecule has 3 fully saturated rings. The van der Waals surface area contributed by atoms with Crippen LogP contribution in [-0.2, 0) is 14.3 Å². The Kier molecular flexibility index (Phi) is 5.98. The Bertz CT molecular complexity index is 744. The standard InChI is InChI=1S/C22H29NO3S2/c1-14-5-3-8-19(15(14)2)23-20(24)13-26-21(25)16-11-17-6-4-7-18(12-16)22(17)27-9-10-28-22/h3,5,8,16-18H,4,6-7,9-13H2,1-2H3,(H,23,24)/t17-,18-/m1/s1. The average Bonchev–Trinajstić information content (AvgIpc) is 3.13. The number of thioether (sulfide) groups is 2. The SMILES string of the molecule is Cc1cccc(NC(=O)COC(=O)C2C[C@H]3CCC[C@H](C2)C32SCCS2)c1C. The van der Waals surface area contributed by atoms with E-state index in [1.54, 1.807) is 0 Å². The molecule has 1 spiro atoms. The third kappa shape index (κ3) is 3.82. The van der Waals surface area contributed by atoms with Gasteiger partial charge < -0.3 is 10.1 Å². The van der Waals surface area contributed by atoms with E-state index in [2.05, 4.69) is 28.8 Å². The van der Waals surface area contributed by atoms with E-state index in [1.807, 2.05) is 32.0 Å². The number of nitrogens with one attached hydrogen (secondary N) is 1. The Balaban J connectivity index is 1.32. The van der Waals surface area contributed by atoms with Gasteiger partial charge in [0, 0.05) is 17.2 Å². The molecule has 0 unspecified atom stereocenters. The summed E-state index contributed by atoms with van der Waals surface area (Å²) < 4.78 is 5.79. The molecule has 28 heavy (non-hydrogen) atoms. The molecule has 4 rings (SSSR count). The topological polar surface area (TPSA) is 55.4 Å². The van der Waals surface area contributed by atoms with Crippen molar-refractivity contribution in [1.82, 2.24) is 0 Å². The van der Waals surface area contributed by atoms with Gasteiger partial charge in [-0.1, -0.05) is 18.6 Å². The Hall–Kier alpha value is -1.14. The fourth-order valence-electron chi connectivity index (χ4n) is 5.13. The van der Waals surface area contributed by atoms with E-state index < -0.39 is 0 Å². The third-order valence-corrected chi connectivity index (χ3v) is 10.7. The van der Waals surface area contributed by atoms with Crippen LogP contribution < -0.4 is 5.32 Å². The van der Waals surface area contributed by atoms with Crippen molar-refractivity contribution < 1.29 is 14.3 Å². The van der Waals surface area contributed by atoms with Crippen LogP contribution in [0.25, 0.3) is 0 Å². The molecule has 3 aliphatic rings. The molecule has 1 amide bonds. The van der Waals surface area contributed by atoms with Gasteiger partial charge in [0.05, 0.1) is 10.00 Å². The quantitative estimate of drug-likeness (QED) is 0.711. The van der Waals surface area contributed by atoms with Crippen molar-refractivity contribution in [2.75, 3.05) is 23.4 Å². The van der Waals surface area contributed by atoms with E-state index >= 15 is 0 Å². The lowest BCUT2D eigenvalue weighted by molar-refractivity contribution is -0.154. The van der Waals surface area contributed by atoms with Gasteiger partial charge in [-0.05, 0) is 68.6 Å². The molecule has 4 nitrogen and oxygen atoms in total. The van der Waals surface area contributed by atoms with Gasteiger partial charge in [-0.15, -0.1) is 23.5 Å². The van der Waals surface area contributed by atoms with E-state index in [-0.39, 0.29) is 24.4 Å². The van der Waals surface area contributed by atoms with E-state index in [1.165, 1.54) is 30.8 Å². The molecule has 0 aromatic heterocycles. The van der Waals surface area contributed by atoms with Crippen molar-refractivity contribution in [3.8, 4) is 0 Å². The maximum absolute atomic E-state index is 12.7. The second kappa shape index (κ2) is 8.31. The Morgan fingerprint density at radius 2 is 1.82 bits per heavy atom. The Morgan fingerprint density at radius 3 is 2.50 bits per heavy atom. The van der Waals surface area contributed by atoms with E-state index in [9.17, 15) is 9.59 Å². The lowest BCUT2D eigenvalue weighted by atomic mass is 9.67. The van der Waals surface area contributed by atoms with Crippen molar-refractivity contribution >= 4 is 41.1 Å². The largest absolute Gasteiger partial charge is 0.455 e. The molecule has 1 heterocycles. The number of carbonyl (C=O) groups is 2. The summed E-state index contributed by atoms with van der Waals surface area (Å²) in [5.41, 5.74) is 2.95. The highest BCUT2D eigenvalue weighted by atomic mass is 32.2. The number of hydrogen-bond donors (Lipinski definition) is 1. The van der Waals surface area contributed by atoms with Gasteiger partial charge in [-0.2, -0.15) is 0 Å². The zero-order valence-electron chi connectivity index (χ0n) is 16.7. The van der Waals surface area contributed by atoms with Crippen LogP contribution in [0.5, 0.6) is 0 Å². The summed E-state index contributed by atoms with van der Waals surface area (Å²) >= 11 is 4.28. The summed E-state index contributed by atoms with van der Waals surface area (Å²) in [6, 6.07) is 5.80. The smallest absolute Gasteiger partial charge is 0.309 e. The highest BCUT2D eigenvalue weighted by molar-refractivity contribution is 8.21. The number of carbonyl (C=O) groups excluding carboxylic acids is 2. The molecule has 1 aromatic carbocycles. The first kappa shape index (κ1) is 20.1. The molecule has 2 atom stereocenters. The fraction of sp³-hybridized carbons (Fsp3) is 0.636. The molecular formula is C22H29NO3S2. The second-order valence-electron chi connectivity index (χ2n) is 8.31. The number of ether oxygens (including phenoxy) is 1. The highest BCUT2D eigenvalue weighted by Gasteiger charge is 2.55. The minimum Gasteiger partial charge on any atom is -0.455 e. The third-order valence-electron chi connectivity index (χ3n) is 6.68. The number of rotatable bonds is 4. The minimum atomic E-state index is -0.267. The van der Waals surface area contributed by atoms with Crippen molar-refractivity contribution in [3.05, 3.63) is 29.3 Å². The lowest BCUT2D eigenvalue weighted by Crippen LogP contribution is -2.48. The van der Waals surface area contributed by atoms with Crippen molar-refractivity contribution in [1.29, 1.82) is 0 Å². The number of amides is 1. The van der Waals surface area contributed by atoms with E-state index in [0.29, 0.717) is 15.9 Å². The fourth-order valence-corrected chi connectivity index (χ4v) is 9.07. The van der Waals surface area contributed by atoms with E-state index in [0.717, 1.165) is 29.7 Å². The predicted molar refractivity (Wildman–Crippen MR) is 117 cm³/mol. The summed E-state index contributed by atoms with van der Waals surface area (Å²) in [5.74, 6) is 3.21. The van der Waals surface area contributed by atoms with Gasteiger partial charge in [-0.3, -0.25) is 9.59 Å². The molecule has 152 valence electrons. The van der Waals surface area contributed by atoms with Crippen LogP contribution >= 0.6 is 23.5 Å². The monoisotopic (exact) mass is 419 g/mol. The van der Waals surface area contributed by atoms with Gasteiger partial charge in [0.2, 0.25) is 0 Å². The van der Waals surface area contributed by atoms with Crippen molar-refractivity contribution in [3.63, 3.8) is 0 Å². The van der Waals surface area contributed by atoms with Crippen LogP contribution in [0.4, 0.5) is 5.69 Å². The van der Waals surface area contributed by atoms with Crippen molar-refractivity contribution in [2.45, 2.75) is 50.0 Å². The van der Waals surface area contributed by atoms with E-state index in [4.69, 9.17) is 4.74 Å². The van der Waals surface area contributed by atoms with Crippen LogP contribution in [0.15, 0.2) is 18.2 Å². The number of benzene rings is 1. The summed E-state index contributed by atoms with van der Waals surface area (Å²) in [6.07, 6.45) is 5.60. The maximum Gasteiger partial charge on any atom is 0.309 e. The zero-order chi connectivity index (χ0) is 19.7. The Labute approximate surface area is 175 Å². The number of aryl methyl sites for hydroxylation is 1. The maximum atomic E-state index is 12.7. The van der Waals surface area contributed by atoms with Gasteiger partial charge in [-0.25, -0.2) is 0 Å². The van der Waals surface area contributed by atoms with Crippen LogP contribution in [0.2, 0.25) is 0 Å². The summed E-state index contributed by atoms with van der Waals surface area (Å²) in [4.78, 5) is 25.0. The molecule has 1 aliphatic heterocycles. The first-order chi connectivity index (χ1) is 13.5. The Morgan fingerprint density at radius 1 is 1.14 bits per heavy atom. The molecule has 1 aromatic rings. The lowest BCUT2D eigenvalue weighted by Gasteiger charge is -2.51. The molecule has 6 heteroatoms. The second-order valence-corrected chi connectivity index (χ2v) is 11.3. The van der Waals surface area contributed by atoms with Gasteiger partial charge >= 0.3 is 5.97 Å². The predicted octanol–water partition coefficient (Wildman–Crippen LogP) is 4.79. The molecule has 2 aliphatic carbocycles. The van der Waals surface area contributed by atoms with Crippen LogP contribution in [0, 0.1) is 31.6 Å². The molecular weight excluding hydrogens is 390 g/mol. The molecule has 1 saturated heterocycles. The normalized spacial score (nSPS) is 28.1. The first-order valence-electron chi connectivity index (χ1n) is 10.3. The number of esters is 1. The van der Waals surface area contributed by atoms with Gasteiger partial charge in [0.25, 0.3) is 5.91 Å². The van der Waals surface area contributed by atoms with Gasteiger partial charge in [0.1, 0.15) is 0 Å². The highest BCUT2D eigenvalue weighted by Crippen LogP contribution is 2.64. The van der Waals surface area contributed by atoms with Crippen molar-refractivity contribution in [2.24, 2.45) is 17.8 Å². The molecule has 2 saturated carbocycles. The van der Waals surface area contributed by atoms with Crippen LogP contribution in [-0.4, -0.2) is 34.1 Å². The number of hydrogen-bond acceptors (Lipinski definition) is 5. The number of anilines is 1. The molecule has 2 bridgehead atoms. The summed E-state index contributed by atoms with van der Waals surface area (Å²) in [7, 11) is 0. The summed E-state index contributed by atoms with van der Waals surface area (Å²) in [6.45, 7) is 3.79. The van der Waals surface area contributed by atoms with Crippen LogP contribution in [0.1, 0.15) is 43.2 Å². The summed E-state index contributed by atoms with van der Waals surface area (Å²) in [5, 5.41) is 2.87. The average molecular weight is 420 g/mol. The van der Waals surface area contributed by atoms with Crippen LogP contribution in [0.3, 0.4) is 0 Å². The van der Waals surface area contributed by atoms with Gasteiger partial charge in [0.15, 0.2) is 6.61 Å².